The molecule has 178 valence electrons. The maximum atomic E-state index is 13.1. The molecule has 0 spiro atoms. The number of alkyl halides is 3. The number of anilines is 1. The minimum atomic E-state index is -4.60. The third kappa shape index (κ3) is 5.94. The molecule has 2 fully saturated rings. The summed E-state index contributed by atoms with van der Waals surface area (Å²) in [5.74, 6) is -0.365. The molecule has 0 aromatic heterocycles. The van der Waals surface area contributed by atoms with E-state index in [0.717, 1.165) is 12.1 Å². The standard InChI is InChI=1S/C22H29ClF3N3O3/c1-13-11-29(12-14(2)32-13)21(31)16-6-8-28(9-7-16)15(3)20(30)27-17-4-5-19(23)18(10-17)22(24,25)26/h4-5,10,13-16H,6-9,11-12H2,1-3H3,(H,27,30). The van der Waals surface area contributed by atoms with Gasteiger partial charge in [-0.3, -0.25) is 14.5 Å². The molecule has 0 radical (unpaired) electrons. The molecule has 1 aromatic carbocycles. The molecule has 2 aliphatic heterocycles. The third-order valence-electron chi connectivity index (χ3n) is 6.08. The summed E-state index contributed by atoms with van der Waals surface area (Å²) in [5.41, 5.74) is -0.949. The van der Waals surface area contributed by atoms with Crippen LogP contribution in [0.3, 0.4) is 0 Å². The van der Waals surface area contributed by atoms with Crippen LogP contribution in [0.2, 0.25) is 5.02 Å². The Bertz CT molecular complexity index is 833. The number of hydrogen-bond acceptors (Lipinski definition) is 4. The van der Waals surface area contributed by atoms with Crippen molar-refractivity contribution in [3.05, 3.63) is 28.8 Å². The fourth-order valence-electron chi connectivity index (χ4n) is 4.38. The zero-order chi connectivity index (χ0) is 23.6. The molecule has 6 nitrogen and oxygen atoms in total. The van der Waals surface area contributed by atoms with E-state index in [1.165, 1.54) is 6.07 Å². The topological polar surface area (TPSA) is 61.9 Å². The van der Waals surface area contributed by atoms with Gasteiger partial charge in [-0.2, -0.15) is 13.2 Å². The van der Waals surface area contributed by atoms with Gasteiger partial charge in [-0.05, 0) is 64.9 Å². The second kappa shape index (κ2) is 9.97. The second-order valence-electron chi connectivity index (χ2n) is 8.67. The molecule has 2 aliphatic rings. The van der Waals surface area contributed by atoms with Crippen LogP contribution in [-0.2, 0) is 20.5 Å². The second-order valence-corrected chi connectivity index (χ2v) is 9.08. The van der Waals surface area contributed by atoms with Gasteiger partial charge in [0.05, 0.1) is 28.8 Å². The van der Waals surface area contributed by atoms with Crippen molar-refractivity contribution in [2.24, 2.45) is 5.92 Å². The lowest BCUT2D eigenvalue weighted by Crippen LogP contribution is -2.52. The van der Waals surface area contributed by atoms with Crippen LogP contribution in [0.1, 0.15) is 39.2 Å². The molecule has 3 atom stereocenters. The number of benzene rings is 1. The Kier molecular flexibility index (Phi) is 7.73. The highest BCUT2D eigenvalue weighted by atomic mass is 35.5. The predicted molar refractivity (Wildman–Crippen MR) is 115 cm³/mol. The molecule has 10 heteroatoms. The van der Waals surface area contributed by atoms with Crippen molar-refractivity contribution in [2.75, 3.05) is 31.5 Å². The SMILES string of the molecule is CC1CN(C(=O)C2CCN(C(C)C(=O)Nc3ccc(Cl)c(C(F)(F)F)c3)CC2)CC(C)O1. The van der Waals surface area contributed by atoms with Crippen molar-refractivity contribution in [1.29, 1.82) is 0 Å². The van der Waals surface area contributed by atoms with E-state index < -0.39 is 28.7 Å². The van der Waals surface area contributed by atoms with Crippen LogP contribution in [-0.4, -0.2) is 66.0 Å². The number of ether oxygens (including phenoxy) is 1. The van der Waals surface area contributed by atoms with E-state index in [-0.39, 0.29) is 29.7 Å². The first-order valence-electron chi connectivity index (χ1n) is 10.8. The lowest BCUT2D eigenvalue weighted by Gasteiger charge is -2.40. The number of nitrogens with zero attached hydrogens (tertiary/aromatic N) is 2. The first-order chi connectivity index (χ1) is 15.0. The van der Waals surface area contributed by atoms with Crippen molar-refractivity contribution in [3.8, 4) is 0 Å². The Morgan fingerprint density at radius 3 is 2.31 bits per heavy atom. The van der Waals surface area contributed by atoms with Crippen LogP contribution in [0, 0.1) is 5.92 Å². The monoisotopic (exact) mass is 475 g/mol. The maximum Gasteiger partial charge on any atom is 0.417 e. The average Bonchev–Trinajstić information content (AvgIpc) is 2.72. The highest BCUT2D eigenvalue weighted by Crippen LogP contribution is 2.36. The van der Waals surface area contributed by atoms with E-state index in [0.29, 0.717) is 39.0 Å². The molecule has 3 rings (SSSR count). The zero-order valence-corrected chi connectivity index (χ0v) is 19.2. The Morgan fingerprint density at radius 2 is 1.75 bits per heavy atom. The van der Waals surface area contributed by atoms with Gasteiger partial charge in [0, 0.05) is 24.7 Å². The lowest BCUT2D eigenvalue weighted by molar-refractivity contribution is -0.149. The normalized spacial score (nSPS) is 24.3. The molecule has 3 unspecified atom stereocenters. The summed E-state index contributed by atoms with van der Waals surface area (Å²) in [5, 5.41) is 2.13. The number of hydrogen-bond donors (Lipinski definition) is 1. The molecular weight excluding hydrogens is 447 g/mol. The summed E-state index contributed by atoms with van der Waals surface area (Å²) in [4.78, 5) is 29.4. The minimum absolute atomic E-state index is 0.0113. The van der Waals surface area contributed by atoms with Gasteiger partial charge in [0.2, 0.25) is 11.8 Å². The summed E-state index contributed by atoms with van der Waals surface area (Å²) in [6.07, 6.45) is -3.31. The fraction of sp³-hybridized carbons (Fsp3) is 0.636. The van der Waals surface area contributed by atoms with Gasteiger partial charge in [-0.25, -0.2) is 0 Å². The Labute approximate surface area is 191 Å². The summed E-state index contributed by atoms with van der Waals surface area (Å²) in [6, 6.07) is 2.76. The minimum Gasteiger partial charge on any atom is -0.372 e. The van der Waals surface area contributed by atoms with Gasteiger partial charge in [0.25, 0.3) is 0 Å². The zero-order valence-electron chi connectivity index (χ0n) is 18.4. The van der Waals surface area contributed by atoms with E-state index in [4.69, 9.17) is 16.3 Å². The number of carbonyl (C=O) groups is 2. The first kappa shape index (κ1) is 24.8. The average molecular weight is 476 g/mol. The van der Waals surface area contributed by atoms with Crippen molar-refractivity contribution >= 4 is 29.1 Å². The van der Waals surface area contributed by atoms with Crippen LogP contribution >= 0.6 is 11.6 Å². The van der Waals surface area contributed by atoms with Gasteiger partial charge in [-0.1, -0.05) is 11.6 Å². The first-order valence-corrected chi connectivity index (χ1v) is 11.2. The van der Waals surface area contributed by atoms with Gasteiger partial charge in [-0.15, -0.1) is 0 Å². The molecule has 2 saturated heterocycles. The molecule has 0 saturated carbocycles. The van der Waals surface area contributed by atoms with Gasteiger partial charge < -0.3 is 15.0 Å². The van der Waals surface area contributed by atoms with E-state index in [1.807, 2.05) is 23.6 Å². The lowest BCUT2D eigenvalue weighted by atomic mass is 9.93. The van der Waals surface area contributed by atoms with Crippen molar-refractivity contribution in [3.63, 3.8) is 0 Å². The number of halogens is 4. The smallest absolute Gasteiger partial charge is 0.372 e. The van der Waals surface area contributed by atoms with E-state index in [9.17, 15) is 22.8 Å². The third-order valence-corrected chi connectivity index (χ3v) is 6.41. The van der Waals surface area contributed by atoms with Crippen LogP contribution in [0.5, 0.6) is 0 Å². The van der Waals surface area contributed by atoms with E-state index in [2.05, 4.69) is 5.32 Å². The molecule has 1 aromatic rings. The van der Waals surface area contributed by atoms with Crippen LogP contribution in [0.15, 0.2) is 18.2 Å². The molecular formula is C22H29ClF3N3O3. The Hall–Kier alpha value is -1.84. The molecule has 1 N–H and O–H groups in total. The number of piperidine rings is 1. The highest BCUT2D eigenvalue weighted by molar-refractivity contribution is 6.31. The van der Waals surface area contributed by atoms with Gasteiger partial charge >= 0.3 is 6.18 Å². The van der Waals surface area contributed by atoms with Crippen molar-refractivity contribution < 1.29 is 27.5 Å². The predicted octanol–water partition coefficient (Wildman–Crippen LogP) is 4.03. The van der Waals surface area contributed by atoms with Crippen molar-refractivity contribution in [2.45, 2.75) is 58.0 Å². The number of rotatable bonds is 4. The Balaban J connectivity index is 1.54. The van der Waals surface area contributed by atoms with Gasteiger partial charge in [0.15, 0.2) is 0 Å². The summed E-state index contributed by atoms with van der Waals surface area (Å²) < 4.78 is 44.8. The largest absolute Gasteiger partial charge is 0.417 e. The molecule has 2 heterocycles. The van der Waals surface area contributed by atoms with E-state index >= 15 is 0 Å². The van der Waals surface area contributed by atoms with Crippen LogP contribution in [0.4, 0.5) is 18.9 Å². The Morgan fingerprint density at radius 1 is 1.16 bits per heavy atom. The number of morpholine rings is 1. The van der Waals surface area contributed by atoms with Crippen LogP contribution in [0.25, 0.3) is 0 Å². The van der Waals surface area contributed by atoms with E-state index in [1.54, 1.807) is 6.92 Å². The van der Waals surface area contributed by atoms with Crippen molar-refractivity contribution in [1.82, 2.24) is 9.80 Å². The molecule has 0 bridgehead atoms. The van der Waals surface area contributed by atoms with Crippen LogP contribution < -0.4 is 5.32 Å². The highest BCUT2D eigenvalue weighted by Gasteiger charge is 2.35. The number of nitrogens with one attached hydrogen (secondary N) is 1. The summed E-state index contributed by atoms with van der Waals surface area (Å²) in [7, 11) is 0. The summed E-state index contributed by atoms with van der Waals surface area (Å²) in [6.45, 7) is 7.92. The number of likely N-dealkylation sites (tertiary alicyclic amines) is 1. The quantitative estimate of drug-likeness (QED) is 0.714. The van der Waals surface area contributed by atoms with Gasteiger partial charge in [0.1, 0.15) is 0 Å². The fourth-order valence-corrected chi connectivity index (χ4v) is 4.61. The number of carbonyl (C=O) groups excluding carboxylic acids is 2. The summed E-state index contributed by atoms with van der Waals surface area (Å²) >= 11 is 5.63. The molecule has 0 aliphatic carbocycles. The number of amides is 2. The molecule has 2 amide bonds. The molecule has 32 heavy (non-hydrogen) atoms. The maximum absolute atomic E-state index is 13.1.